The predicted octanol–water partition coefficient (Wildman–Crippen LogP) is 4.69. The van der Waals surface area contributed by atoms with Crippen LogP contribution in [0, 0.1) is 0 Å². The molecule has 0 aliphatic heterocycles. The van der Waals surface area contributed by atoms with Crippen LogP contribution in [0.2, 0.25) is 0 Å². The highest BCUT2D eigenvalue weighted by Gasteiger charge is 2.11. The molecule has 0 atom stereocenters. The summed E-state index contributed by atoms with van der Waals surface area (Å²) in [5.41, 5.74) is 8.55. The van der Waals surface area contributed by atoms with Crippen LogP contribution in [0.25, 0.3) is 11.1 Å². The van der Waals surface area contributed by atoms with Gasteiger partial charge < -0.3 is 20.2 Å². The van der Waals surface area contributed by atoms with Crippen molar-refractivity contribution in [1.29, 1.82) is 0 Å². The molecule has 0 radical (unpaired) electrons. The van der Waals surface area contributed by atoms with Gasteiger partial charge in [0.15, 0.2) is 5.58 Å². The van der Waals surface area contributed by atoms with E-state index < -0.39 is 0 Å². The van der Waals surface area contributed by atoms with Gasteiger partial charge in [-0.3, -0.25) is 0 Å². The van der Waals surface area contributed by atoms with Crippen LogP contribution in [0.4, 0.5) is 17.4 Å². The lowest BCUT2D eigenvalue weighted by Crippen LogP contribution is -1.93. The third-order valence-electron chi connectivity index (χ3n) is 2.89. The summed E-state index contributed by atoms with van der Waals surface area (Å²) >= 11 is 6.91. The highest BCUT2D eigenvalue weighted by Crippen LogP contribution is 2.36. The molecule has 3 N–H and O–H groups in total. The zero-order chi connectivity index (χ0) is 15.0. The summed E-state index contributed by atoms with van der Waals surface area (Å²) in [5.74, 6) is 0.709. The standard InChI is InChI=1S/C14H11Br2N3O2/c1-20-13-6-10(8(15)5-9(13)16)18-14-19-11-4-7(17)2-3-12(11)21-14/h2-6H,17H2,1H3,(H,18,19). The number of nitrogens with two attached hydrogens (primary N) is 1. The number of oxazole rings is 1. The molecule has 3 aromatic rings. The highest BCUT2D eigenvalue weighted by atomic mass is 79.9. The molecule has 1 heterocycles. The van der Waals surface area contributed by atoms with Crippen molar-refractivity contribution in [1.82, 2.24) is 4.98 Å². The van der Waals surface area contributed by atoms with Crippen LogP contribution in [-0.4, -0.2) is 12.1 Å². The van der Waals surface area contributed by atoms with Gasteiger partial charge in [-0.1, -0.05) is 0 Å². The van der Waals surface area contributed by atoms with Crippen LogP contribution in [0.3, 0.4) is 0 Å². The van der Waals surface area contributed by atoms with E-state index in [9.17, 15) is 0 Å². The first-order valence-corrected chi connectivity index (χ1v) is 7.61. The smallest absolute Gasteiger partial charge is 0.300 e. The number of benzene rings is 2. The first-order valence-electron chi connectivity index (χ1n) is 6.03. The van der Waals surface area contributed by atoms with Crippen molar-refractivity contribution in [3.63, 3.8) is 0 Å². The first-order chi connectivity index (χ1) is 10.1. The minimum absolute atomic E-state index is 0.390. The van der Waals surface area contributed by atoms with E-state index in [1.807, 2.05) is 12.1 Å². The SMILES string of the molecule is COc1cc(Nc2nc3cc(N)ccc3o2)c(Br)cc1Br. The van der Waals surface area contributed by atoms with Gasteiger partial charge in [-0.25, -0.2) is 0 Å². The summed E-state index contributed by atoms with van der Waals surface area (Å²) in [7, 11) is 1.61. The van der Waals surface area contributed by atoms with Gasteiger partial charge in [0, 0.05) is 16.2 Å². The Labute approximate surface area is 137 Å². The van der Waals surface area contributed by atoms with Gasteiger partial charge in [-0.05, 0) is 56.1 Å². The molecule has 0 aliphatic rings. The van der Waals surface area contributed by atoms with Crippen LogP contribution in [0.1, 0.15) is 0 Å². The molecule has 0 unspecified atom stereocenters. The van der Waals surface area contributed by atoms with Crippen LogP contribution in [0.5, 0.6) is 5.75 Å². The maximum absolute atomic E-state index is 5.73. The molecular formula is C14H11Br2N3O2. The third-order valence-corrected chi connectivity index (χ3v) is 4.17. The molecule has 0 saturated heterocycles. The second-order valence-corrected chi connectivity index (χ2v) is 6.05. The van der Waals surface area contributed by atoms with Crippen LogP contribution in [0.15, 0.2) is 43.7 Å². The number of hydrogen-bond donors (Lipinski definition) is 2. The molecule has 3 rings (SSSR count). The number of nitrogens with zero attached hydrogens (tertiary/aromatic N) is 1. The minimum atomic E-state index is 0.390. The van der Waals surface area contributed by atoms with E-state index in [1.165, 1.54) is 0 Å². The molecule has 0 saturated carbocycles. The fraction of sp³-hybridized carbons (Fsp3) is 0.0714. The average molecular weight is 413 g/mol. The van der Waals surface area contributed by atoms with Crippen LogP contribution < -0.4 is 15.8 Å². The predicted molar refractivity (Wildman–Crippen MR) is 90.1 cm³/mol. The van der Waals surface area contributed by atoms with Crippen molar-refractivity contribution in [2.45, 2.75) is 0 Å². The molecule has 0 amide bonds. The van der Waals surface area contributed by atoms with Gasteiger partial charge >= 0.3 is 0 Å². The van der Waals surface area contributed by atoms with E-state index in [0.717, 1.165) is 14.6 Å². The molecule has 7 heteroatoms. The number of nitrogens with one attached hydrogen (secondary N) is 1. The van der Waals surface area contributed by atoms with Gasteiger partial charge in [0.2, 0.25) is 0 Å². The van der Waals surface area contributed by atoms with Crippen molar-refractivity contribution in [2.75, 3.05) is 18.2 Å². The van der Waals surface area contributed by atoms with Crippen molar-refractivity contribution < 1.29 is 9.15 Å². The zero-order valence-corrected chi connectivity index (χ0v) is 14.2. The second kappa shape index (κ2) is 5.57. The molecule has 0 fully saturated rings. The van der Waals surface area contributed by atoms with E-state index >= 15 is 0 Å². The number of methoxy groups -OCH3 is 1. The van der Waals surface area contributed by atoms with E-state index in [0.29, 0.717) is 28.6 Å². The maximum Gasteiger partial charge on any atom is 0.300 e. The van der Waals surface area contributed by atoms with E-state index in [4.69, 9.17) is 14.9 Å². The minimum Gasteiger partial charge on any atom is -0.495 e. The zero-order valence-electron chi connectivity index (χ0n) is 11.0. The van der Waals surface area contributed by atoms with Gasteiger partial charge in [-0.2, -0.15) is 4.98 Å². The number of rotatable bonds is 3. The number of hydrogen-bond acceptors (Lipinski definition) is 5. The summed E-state index contributed by atoms with van der Waals surface area (Å²) < 4.78 is 12.6. The number of aromatic nitrogens is 1. The Morgan fingerprint density at radius 1 is 1.19 bits per heavy atom. The second-order valence-electron chi connectivity index (χ2n) is 4.34. The molecule has 0 spiro atoms. The summed E-state index contributed by atoms with van der Waals surface area (Å²) in [4.78, 5) is 4.36. The van der Waals surface area contributed by atoms with Crippen molar-refractivity contribution in [2.24, 2.45) is 0 Å². The Bertz CT molecular complexity index is 817. The van der Waals surface area contributed by atoms with E-state index in [-0.39, 0.29) is 0 Å². The van der Waals surface area contributed by atoms with Crippen LogP contribution in [-0.2, 0) is 0 Å². The van der Waals surface area contributed by atoms with Gasteiger partial charge in [0.25, 0.3) is 6.01 Å². The molecule has 5 nitrogen and oxygen atoms in total. The van der Waals surface area contributed by atoms with Gasteiger partial charge in [-0.15, -0.1) is 0 Å². The van der Waals surface area contributed by atoms with Crippen molar-refractivity contribution >= 4 is 60.3 Å². The Morgan fingerprint density at radius 3 is 2.76 bits per heavy atom. The molecule has 21 heavy (non-hydrogen) atoms. The lowest BCUT2D eigenvalue weighted by Gasteiger charge is -2.09. The third kappa shape index (κ3) is 2.84. The monoisotopic (exact) mass is 411 g/mol. The lowest BCUT2D eigenvalue weighted by molar-refractivity contribution is 0.412. The first kappa shape index (κ1) is 14.2. The fourth-order valence-corrected chi connectivity index (χ4v) is 3.15. The number of halogens is 2. The Kier molecular flexibility index (Phi) is 3.77. The Balaban J connectivity index is 1.98. The molecule has 2 aromatic carbocycles. The Hall–Kier alpha value is -1.73. The summed E-state index contributed by atoms with van der Waals surface area (Å²) in [5, 5.41) is 3.12. The maximum atomic E-state index is 5.73. The topological polar surface area (TPSA) is 73.3 Å². The van der Waals surface area contributed by atoms with E-state index in [1.54, 1.807) is 25.3 Å². The highest BCUT2D eigenvalue weighted by molar-refractivity contribution is 9.11. The fourth-order valence-electron chi connectivity index (χ4n) is 1.89. The quantitative estimate of drug-likeness (QED) is 0.610. The van der Waals surface area contributed by atoms with Crippen molar-refractivity contribution in [3.8, 4) is 5.75 Å². The number of nitrogen functional groups attached to an aromatic ring is 1. The number of ether oxygens (including phenoxy) is 1. The summed E-state index contributed by atoms with van der Waals surface area (Å²) in [6.45, 7) is 0. The largest absolute Gasteiger partial charge is 0.495 e. The van der Waals surface area contributed by atoms with Gasteiger partial charge in [0.1, 0.15) is 11.3 Å². The average Bonchev–Trinajstić information content (AvgIpc) is 2.83. The number of fused-ring (bicyclic) bond motifs is 1. The van der Waals surface area contributed by atoms with E-state index in [2.05, 4.69) is 42.2 Å². The molecule has 0 bridgehead atoms. The Morgan fingerprint density at radius 2 is 2.00 bits per heavy atom. The van der Waals surface area contributed by atoms with Crippen LogP contribution >= 0.6 is 31.9 Å². The molecule has 108 valence electrons. The summed E-state index contributed by atoms with van der Waals surface area (Å²) in [6.07, 6.45) is 0. The number of anilines is 3. The molecule has 1 aromatic heterocycles. The molecule has 0 aliphatic carbocycles. The molecular weight excluding hydrogens is 402 g/mol. The van der Waals surface area contributed by atoms with Gasteiger partial charge in [0.05, 0.1) is 17.3 Å². The van der Waals surface area contributed by atoms with Crippen molar-refractivity contribution in [3.05, 3.63) is 39.3 Å². The summed E-state index contributed by atoms with van der Waals surface area (Å²) in [6, 6.07) is 9.46. The normalized spacial score (nSPS) is 10.8. The lowest BCUT2D eigenvalue weighted by atomic mass is 10.3.